The highest BCUT2D eigenvalue weighted by Crippen LogP contribution is 2.36. The van der Waals surface area contributed by atoms with Gasteiger partial charge in [-0.25, -0.2) is 9.78 Å². The fourth-order valence-corrected chi connectivity index (χ4v) is 5.83. The lowest BCUT2D eigenvalue weighted by atomic mass is 9.75. The summed E-state index contributed by atoms with van der Waals surface area (Å²) >= 11 is 1.54. The minimum absolute atomic E-state index is 0.0228. The third kappa shape index (κ3) is 4.96. The van der Waals surface area contributed by atoms with Crippen LogP contribution in [0.4, 0.5) is 4.79 Å². The molecule has 3 heterocycles. The average Bonchev–Trinajstić information content (AvgIpc) is 3.40. The number of ether oxygens (including phenoxy) is 1. The van der Waals surface area contributed by atoms with Gasteiger partial charge in [0, 0.05) is 36.5 Å². The maximum absolute atomic E-state index is 13.5. The second-order valence-electron chi connectivity index (χ2n) is 9.02. The van der Waals surface area contributed by atoms with E-state index >= 15 is 0 Å². The van der Waals surface area contributed by atoms with Gasteiger partial charge in [-0.05, 0) is 50.3 Å². The van der Waals surface area contributed by atoms with Gasteiger partial charge in [0.1, 0.15) is 17.9 Å². The molecule has 35 heavy (non-hydrogen) atoms. The van der Waals surface area contributed by atoms with E-state index in [-0.39, 0.29) is 23.8 Å². The molecule has 186 valence electrons. The Morgan fingerprint density at radius 2 is 2.11 bits per heavy atom. The highest BCUT2D eigenvalue weighted by molar-refractivity contribution is 7.09. The summed E-state index contributed by atoms with van der Waals surface area (Å²) in [5, 5.41) is 3.03. The molecule has 1 N–H and O–H groups in total. The van der Waals surface area contributed by atoms with Gasteiger partial charge in [0.25, 0.3) is 11.8 Å². The number of hydrogen-bond donors (Lipinski definition) is 1. The minimum Gasteiger partial charge on any atom is -0.490 e. The van der Waals surface area contributed by atoms with E-state index in [0.717, 1.165) is 10.6 Å². The second kappa shape index (κ2) is 10.6. The van der Waals surface area contributed by atoms with Gasteiger partial charge in [0.05, 0.1) is 11.2 Å². The summed E-state index contributed by atoms with van der Waals surface area (Å²) in [4.78, 5) is 47.9. The van der Waals surface area contributed by atoms with E-state index in [0.29, 0.717) is 63.2 Å². The van der Waals surface area contributed by atoms with Crippen LogP contribution in [0.3, 0.4) is 0 Å². The van der Waals surface area contributed by atoms with Crippen LogP contribution in [-0.2, 0) is 11.2 Å². The molecule has 9 heteroatoms. The molecule has 4 rings (SSSR count). The predicted octanol–water partition coefficient (Wildman–Crippen LogP) is 3.81. The molecule has 2 aromatic rings. The van der Waals surface area contributed by atoms with E-state index < -0.39 is 5.54 Å². The summed E-state index contributed by atoms with van der Waals surface area (Å²) in [6.45, 7) is 9.32. The van der Waals surface area contributed by atoms with Crippen LogP contribution in [0.2, 0.25) is 0 Å². The van der Waals surface area contributed by atoms with E-state index in [1.54, 1.807) is 41.1 Å². The number of hydrogen-bond acceptors (Lipinski definition) is 6. The standard InChI is InChI=1S/C26H32N4O4S/c1-4-15-34-21-8-6-7-19(16-21)23(31)29-12-9-20(10-13-29)26(5-2)24(32)30(25(33)28-26)14-11-22-18(3)27-17-35-22/h4,6-8,16-17,20H,1,5,9-15H2,2-3H3,(H,28,33)/t26-/m0/s1. The van der Waals surface area contributed by atoms with Crippen LogP contribution in [0.15, 0.2) is 42.4 Å². The number of rotatable bonds is 9. The summed E-state index contributed by atoms with van der Waals surface area (Å²) in [6, 6.07) is 6.82. The highest BCUT2D eigenvalue weighted by atomic mass is 32.1. The number of benzene rings is 1. The normalized spacial score (nSPS) is 20.7. The lowest BCUT2D eigenvalue weighted by Gasteiger charge is -2.40. The molecule has 2 fully saturated rings. The first-order chi connectivity index (χ1) is 16.9. The van der Waals surface area contributed by atoms with E-state index in [9.17, 15) is 14.4 Å². The van der Waals surface area contributed by atoms with Crippen molar-refractivity contribution in [2.24, 2.45) is 5.92 Å². The highest BCUT2D eigenvalue weighted by Gasteiger charge is 2.54. The smallest absolute Gasteiger partial charge is 0.325 e. The zero-order valence-corrected chi connectivity index (χ0v) is 21.1. The zero-order chi connectivity index (χ0) is 25.0. The van der Waals surface area contributed by atoms with Gasteiger partial charge in [-0.1, -0.05) is 25.6 Å². The molecule has 8 nitrogen and oxygen atoms in total. The van der Waals surface area contributed by atoms with E-state index in [2.05, 4.69) is 16.9 Å². The third-order valence-electron chi connectivity index (χ3n) is 7.09. The summed E-state index contributed by atoms with van der Waals surface area (Å²) in [5.74, 6) is 0.402. The summed E-state index contributed by atoms with van der Waals surface area (Å²) in [5.41, 5.74) is 2.39. The molecule has 1 aromatic carbocycles. The number of piperidine rings is 1. The van der Waals surface area contributed by atoms with Crippen molar-refractivity contribution in [2.45, 2.75) is 45.1 Å². The Bertz CT molecular complexity index is 1110. The second-order valence-corrected chi connectivity index (χ2v) is 9.96. The van der Waals surface area contributed by atoms with Crippen LogP contribution in [0.1, 0.15) is 47.1 Å². The van der Waals surface area contributed by atoms with Crippen molar-refractivity contribution in [1.29, 1.82) is 0 Å². The van der Waals surface area contributed by atoms with Crippen molar-refractivity contribution in [3.63, 3.8) is 0 Å². The Kier molecular flexibility index (Phi) is 7.54. The number of likely N-dealkylation sites (tertiary alicyclic amines) is 1. The molecule has 0 radical (unpaired) electrons. The van der Waals surface area contributed by atoms with Gasteiger partial charge < -0.3 is 15.0 Å². The van der Waals surface area contributed by atoms with Gasteiger partial charge in [-0.3, -0.25) is 14.5 Å². The predicted molar refractivity (Wildman–Crippen MR) is 135 cm³/mol. The number of carbonyl (C=O) groups excluding carboxylic acids is 3. The number of amides is 4. The molecular weight excluding hydrogens is 464 g/mol. The number of imide groups is 1. The molecule has 4 amide bonds. The quantitative estimate of drug-likeness (QED) is 0.421. The molecule has 1 atom stereocenters. The van der Waals surface area contributed by atoms with Crippen molar-refractivity contribution in [3.05, 3.63) is 58.6 Å². The molecule has 0 spiro atoms. The molecule has 0 unspecified atom stereocenters. The van der Waals surface area contributed by atoms with Gasteiger partial charge in [0.2, 0.25) is 0 Å². The minimum atomic E-state index is -0.909. The summed E-state index contributed by atoms with van der Waals surface area (Å²) in [7, 11) is 0. The largest absolute Gasteiger partial charge is 0.490 e. The van der Waals surface area contributed by atoms with Crippen LogP contribution in [0.5, 0.6) is 5.75 Å². The van der Waals surface area contributed by atoms with Crippen LogP contribution < -0.4 is 10.1 Å². The number of nitrogens with one attached hydrogen (secondary N) is 1. The number of thiazole rings is 1. The lowest BCUT2D eigenvalue weighted by Crippen LogP contribution is -2.56. The number of aromatic nitrogens is 1. The van der Waals surface area contributed by atoms with Gasteiger partial charge in [0.15, 0.2) is 0 Å². The molecule has 2 aliphatic rings. The number of aryl methyl sites for hydroxylation is 1. The molecular formula is C26H32N4O4S. The maximum Gasteiger partial charge on any atom is 0.325 e. The first-order valence-corrected chi connectivity index (χ1v) is 12.9. The zero-order valence-electron chi connectivity index (χ0n) is 20.3. The number of nitrogens with zero attached hydrogens (tertiary/aromatic N) is 3. The molecule has 0 aliphatic carbocycles. The summed E-state index contributed by atoms with van der Waals surface area (Å²) < 4.78 is 5.55. The van der Waals surface area contributed by atoms with Gasteiger partial charge >= 0.3 is 6.03 Å². The van der Waals surface area contributed by atoms with Crippen LogP contribution in [0, 0.1) is 12.8 Å². The van der Waals surface area contributed by atoms with Crippen LogP contribution >= 0.6 is 11.3 Å². The molecule has 0 bridgehead atoms. The van der Waals surface area contributed by atoms with E-state index in [4.69, 9.17) is 4.74 Å². The van der Waals surface area contributed by atoms with Gasteiger partial charge in [-0.2, -0.15) is 0 Å². The fraction of sp³-hybridized carbons (Fsp3) is 0.462. The number of urea groups is 1. The average molecular weight is 497 g/mol. The Morgan fingerprint density at radius 1 is 1.34 bits per heavy atom. The van der Waals surface area contributed by atoms with Crippen LogP contribution in [-0.4, -0.2) is 64.4 Å². The SMILES string of the molecule is C=CCOc1cccc(C(=O)N2CCC([C@]3(CC)NC(=O)N(CCc4scnc4C)C3=O)CC2)c1. The Balaban J connectivity index is 1.39. The first kappa shape index (κ1) is 24.9. The van der Waals surface area contributed by atoms with Crippen molar-refractivity contribution in [3.8, 4) is 5.75 Å². The monoisotopic (exact) mass is 496 g/mol. The Morgan fingerprint density at radius 3 is 2.77 bits per heavy atom. The molecule has 2 saturated heterocycles. The third-order valence-corrected chi connectivity index (χ3v) is 8.09. The molecule has 0 saturated carbocycles. The molecule has 1 aromatic heterocycles. The van der Waals surface area contributed by atoms with Crippen molar-refractivity contribution in [1.82, 2.24) is 20.1 Å². The first-order valence-electron chi connectivity index (χ1n) is 12.1. The van der Waals surface area contributed by atoms with Gasteiger partial charge in [-0.15, -0.1) is 11.3 Å². The summed E-state index contributed by atoms with van der Waals surface area (Å²) in [6.07, 6.45) is 4.10. The molecule has 2 aliphatic heterocycles. The fourth-order valence-electron chi connectivity index (χ4n) is 5.06. The van der Waals surface area contributed by atoms with Crippen molar-refractivity contribution in [2.75, 3.05) is 26.2 Å². The maximum atomic E-state index is 13.5. The topological polar surface area (TPSA) is 91.8 Å². The van der Waals surface area contributed by atoms with E-state index in [1.165, 1.54) is 4.90 Å². The number of carbonyl (C=O) groups is 3. The van der Waals surface area contributed by atoms with Crippen LogP contribution in [0.25, 0.3) is 0 Å². The van der Waals surface area contributed by atoms with Crippen molar-refractivity contribution < 1.29 is 19.1 Å². The van der Waals surface area contributed by atoms with E-state index in [1.807, 2.05) is 24.8 Å². The Labute approximate surface area is 210 Å². The Hall–Kier alpha value is -3.20. The van der Waals surface area contributed by atoms with Crippen molar-refractivity contribution >= 4 is 29.2 Å². The lowest BCUT2D eigenvalue weighted by molar-refractivity contribution is -0.134.